The van der Waals surface area contributed by atoms with Crippen molar-refractivity contribution >= 4 is 28.5 Å². The minimum Gasteiger partial charge on any atom is -0.349 e. The quantitative estimate of drug-likeness (QED) is 0.707. The van der Waals surface area contributed by atoms with Crippen LogP contribution in [0.15, 0.2) is 30.3 Å². The third-order valence-electron chi connectivity index (χ3n) is 3.44. The molecular formula is C15H17ClN6. The lowest BCUT2D eigenvalue weighted by atomic mass is 10.1. The van der Waals surface area contributed by atoms with Crippen molar-refractivity contribution in [2.75, 3.05) is 5.32 Å². The molecule has 0 saturated carbocycles. The first kappa shape index (κ1) is 14.7. The maximum absolute atomic E-state index is 6.26. The Balaban J connectivity index is 1.76. The van der Waals surface area contributed by atoms with E-state index in [0.29, 0.717) is 17.6 Å². The summed E-state index contributed by atoms with van der Waals surface area (Å²) in [7, 11) is 0. The highest BCUT2D eigenvalue weighted by atomic mass is 35.5. The maximum atomic E-state index is 6.26. The van der Waals surface area contributed by atoms with Crippen LogP contribution in [-0.2, 0) is 13.1 Å². The predicted octanol–water partition coefficient (Wildman–Crippen LogP) is 3.29. The number of nitrogens with zero attached hydrogens (tertiary/aromatic N) is 5. The van der Waals surface area contributed by atoms with Crippen molar-refractivity contribution in [1.29, 1.82) is 0 Å². The molecule has 0 spiro atoms. The molecule has 2 heterocycles. The third kappa shape index (κ3) is 3.17. The topological polar surface area (TPSA) is 68.5 Å². The fraction of sp³-hybridized carbons (Fsp3) is 0.333. The molecule has 3 aromatic rings. The van der Waals surface area contributed by atoms with E-state index in [1.54, 1.807) is 4.68 Å². The smallest absolute Gasteiger partial charge is 0.243 e. The molecule has 7 heteroatoms. The first-order valence-corrected chi connectivity index (χ1v) is 7.70. The lowest BCUT2D eigenvalue weighted by Crippen LogP contribution is -2.09. The van der Waals surface area contributed by atoms with Gasteiger partial charge in [-0.2, -0.15) is 0 Å². The van der Waals surface area contributed by atoms with Crippen molar-refractivity contribution in [3.05, 3.63) is 41.0 Å². The average Bonchev–Trinajstić information content (AvgIpc) is 2.98. The first-order chi connectivity index (χ1) is 10.8. The van der Waals surface area contributed by atoms with Crippen LogP contribution in [0.3, 0.4) is 0 Å². The molecule has 2 aromatic heterocycles. The number of aromatic nitrogens is 5. The average molecular weight is 317 g/mol. The van der Waals surface area contributed by atoms with Gasteiger partial charge in [-0.25, -0.2) is 9.67 Å². The van der Waals surface area contributed by atoms with Crippen molar-refractivity contribution < 1.29 is 0 Å². The molecule has 3 rings (SSSR count). The van der Waals surface area contributed by atoms with Crippen LogP contribution >= 0.6 is 11.6 Å². The number of unbranched alkanes of at least 4 members (excludes halogenated alkanes) is 1. The maximum Gasteiger partial charge on any atom is 0.243 e. The monoisotopic (exact) mass is 316 g/mol. The molecule has 1 aromatic carbocycles. The van der Waals surface area contributed by atoms with Crippen LogP contribution < -0.4 is 5.32 Å². The molecule has 1 N–H and O–H groups in total. The van der Waals surface area contributed by atoms with E-state index >= 15 is 0 Å². The van der Waals surface area contributed by atoms with Crippen molar-refractivity contribution in [2.24, 2.45) is 0 Å². The van der Waals surface area contributed by atoms with Crippen LogP contribution in [0.25, 0.3) is 10.9 Å². The van der Waals surface area contributed by atoms with Gasteiger partial charge >= 0.3 is 0 Å². The molecule has 114 valence electrons. The van der Waals surface area contributed by atoms with E-state index in [0.717, 1.165) is 35.9 Å². The second-order valence-corrected chi connectivity index (χ2v) is 5.42. The van der Waals surface area contributed by atoms with Gasteiger partial charge in [0.25, 0.3) is 0 Å². The van der Waals surface area contributed by atoms with E-state index in [9.17, 15) is 0 Å². The number of fused-ring (bicyclic) bond motifs is 1. The van der Waals surface area contributed by atoms with Gasteiger partial charge in [0, 0.05) is 24.0 Å². The van der Waals surface area contributed by atoms with Gasteiger partial charge in [0.2, 0.25) is 5.95 Å². The molecule has 0 fully saturated rings. The standard InChI is InChI=1S/C15H17ClN6/c1-2-3-8-22-15(19-20-21-22)17-10-12-9-11-6-4-5-7-13(11)18-14(12)16/h4-7,9H,2-3,8,10H2,1H3,(H,17,19,21). The normalized spacial score (nSPS) is 11.0. The van der Waals surface area contributed by atoms with Gasteiger partial charge < -0.3 is 5.32 Å². The molecule has 0 bridgehead atoms. The van der Waals surface area contributed by atoms with Gasteiger partial charge in [0.05, 0.1) is 5.52 Å². The van der Waals surface area contributed by atoms with Crippen molar-refractivity contribution in [1.82, 2.24) is 25.2 Å². The molecule has 0 radical (unpaired) electrons. The highest BCUT2D eigenvalue weighted by molar-refractivity contribution is 6.30. The number of hydrogen-bond acceptors (Lipinski definition) is 5. The fourth-order valence-electron chi connectivity index (χ4n) is 2.22. The molecule has 0 saturated heterocycles. The lowest BCUT2D eigenvalue weighted by molar-refractivity contribution is 0.556. The van der Waals surface area contributed by atoms with Gasteiger partial charge in [-0.05, 0) is 29.0 Å². The number of benzene rings is 1. The highest BCUT2D eigenvalue weighted by Gasteiger charge is 2.08. The summed E-state index contributed by atoms with van der Waals surface area (Å²) < 4.78 is 1.77. The van der Waals surface area contributed by atoms with Crippen LogP contribution in [0, 0.1) is 0 Å². The Kier molecular flexibility index (Phi) is 4.48. The van der Waals surface area contributed by atoms with Crippen molar-refractivity contribution in [2.45, 2.75) is 32.9 Å². The number of pyridine rings is 1. The number of nitrogens with one attached hydrogen (secondary N) is 1. The summed E-state index contributed by atoms with van der Waals surface area (Å²) in [6, 6.07) is 9.95. The van der Waals surface area contributed by atoms with Crippen molar-refractivity contribution in [3.63, 3.8) is 0 Å². The predicted molar refractivity (Wildman–Crippen MR) is 86.8 cm³/mol. The van der Waals surface area contributed by atoms with E-state index in [2.05, 4.69) is 32.7 Å². The number of halogens is 1. The molecule has 0 atom stereocenters. The summed E-state index contributed by atoms with van der Waals surface area (Å²) >= 11 is 6.26. The van der Waals surface area contributed by atoms with Crippen LogP contribution in [0.5, 0.6) is 0 Å². The summed E-state index contributed by atoms with van der Waals surface area (Å²) in [4.78, 5) is 4.41. The van der Waals surface area contributed by atoms with E-state index < -0.39 is 0 Å². The molecule has 22 heavy (non-hydrogen) atoms. The minimum atomic E-state index is 0.499. The Hall–Kier alpha value is -2.21. The zero-order valence-electron chi connectivity index (χ0n) is 12.3. The zero-order chi connectivity index (χ0) is 15.4. The Morgan fingerprint density at radius 2 is 2.14 bits per heavy atom. The van der Waals surface area contributed by atoms with Crippen LogP contribution in [0.1, 0.15) is 25.3 Å². The third-order valence-corrected chi connectivity index (χ3v) is 3.77. The van der Waals surface area contributed by atoms with Gasteiger partial charge in [0.1, 0.15) is 5.15 Å². The van der Waals surface area contributed by atoms with E-state index in [-0.39, 0.29) is 0 Å². The number of anilines is 1. The summed E-state index contributed by atoms with van der Waals surface area (Å²) in [6.07, 6.45) is 2.14. The summed E-state index contributed by atoms with van der Waals surface area (Å²) in [5, 5.41) is 16.5. The number of tetrazole rings is 1. The van der Waals surface area contributed by atoms with Gasteiger partial charge in [0.15, 0.2) is 0 Å². The number of rotatable bonds is 6. The molecule has 0 aliphatic heterocycles. The summed E-state index contributed by atoms with van der Waals surface area (Å²) in [5.41, 5.74) is 1.81. The van der Waals surface area contributed by atoms with Crippen LogP contribution in [0.4, 0.5) is 5.95 Å². The van der Waals surface area contributed by atoms with Crippen LogP contribution in [0.2, 0.25) is 5.15 Å². The van der Waals surface area contributed by atoms with E-state index in [1.165, 1.54) is 0 Å². The Morgan fingerprint density at radius 1 is 1.27 bits per heavy atom. The summed E-state index contributed by atoms with van der Waals surface area (Å²) in [5.74, 6) is 0.651. The minimum absolute atomic E-state index is 0.499. The number of hydrogen-bond donors (Lipinski definition) is 1. The SMILES string of the molecule is CCCCn1nnnc1NCc1cc2ccccc2nc1Cl. The molecular weight excluding hydrogens is 300 g/mol. The first-order valence-electron chi connectivity index (χ1n) is 7.32. The Labute approximate surface area is 133 Å². The molecule has 6 nitrogen and oxygen atoms in total. The summed E-state index contributed by atoms with van der Waals surface area (Å²) in [6.45, 7) is 3.47. The van der Waals surface area contributed by atoms with Gasteiger partial charge in [-0.15, -0.1) is 0 Å². The largest absolute Gasteiger partial charge is 0.349 e. The van der Waals surface area contributed by atoms with Gasteiger partial charge in [-0.1, -0.05) is 48.2 Å². The van der Waals surface area contributed by atoms with Gasteiger partial charge in [-0.3, -0.25) is 0 Å². The molecule has 0 amide bonds. The fourth-order valence-corrected chi connectivity index (χ4v) is 2.44. The molecule has 0 aliphatic rings. The molecule has 0 unspecified atom stereocenters. The second kappa shape index (κ2) is 6.70. The number of aryl methyl sites for hydroxylation is 1. The Bertz CT molecular complexity index is 770. The highest BCUT2D eigenvalue weighted by Crippen LogP contribution is 2.21. The van der Waals surface area contributed by atoms with E-state index in [1.807, 2.05) is 30.3 Å². The zero-order valence-corrected chi connectivity index (χ0v) is 13.1. The van der Waals surface area contributed by atoms with Crippen molar-refractivity contribution in [3.8, 4) is 0 Å². The number of para-hydroxylation sites is 1. The lowest BCUT2D eigenvalue weighted by Gasteiger charge is -2.09. The molecule has 0 aliphatic carbocycles. The van der Waals surface area contributed by atoms with E-state index in [4.69, 9.17) is 11.6 Å². The second-order valence-electron chi connectivity index (χ2n) is 5.06. The van der Waals surface area contributed by atoms with Crippen LogP contribution in [-0.4, -0.2) is 25.2 Å². The Morgan fingerprint density at radius 3 is 3.00 bits per heavy atom.